The summed E-state index contributed by atoms with van der Waals surface area (Å²) in [5.41, 5.74) is 5.66. The molecule has 3 saturated heterocycles. The van der Waals surface area contributed by atoms with E-state index >= 15 is 0 Å². The second-order valence-electron chi connectivity index (χ2n) is 13.7. The molecule has 0 saturated carbocycles. The van der Waals surface area contributed by atoms with E-state index in [1.54, 1.807) is 11.0 Å². The van der Waals surface area contributed by atoms with Crippen LogP contribution < -0.4 is 19.9 Å². The maximum atomic E-state index is 13.0. The van der Waals surface area contributed by atoms with Gasteiger partial charge < -0.3 is 19.4 Å². The highest BCUT2D eigenvalue weighted by atomic mass is 35.5. The normalized spacial score (nSPS) is 20.1. The molecule has 1 unspecified atom stereocenters. The zero-order valence-electron chi connectivity index (χ0n) is 28.3. The van der Waals surface area contributed by atoms with Gasteiger partial charge in [-0.3, -0.25) is 24.6 Å². The number of anilines is 2. The molecule has 0 spiro atoms. The summed E-state index contributed by atoms with van der Waals surface area (Å²) in [6, 6.07) is 21.8. The van der Waals surface area contributed by atoms with Gasteiger partial charge >= 0.3 is 0 Å². The SMILES string of the molecule is N#Cc1ccc(N2CCC(c3ccc(OCCCCN4CCN(c5ccc6c(c5)CN(C5CCC(=O)NC5=O)C6=O)CC4)cc3)CC2)cc1Cl. The molecule has 1 N–H and O–H groups in total. The Labute approximate surface area is 298 Å². The van der Waals surface area contributed by atoms with Crippen LogP contribution in [0.25, 0.3) is 0 Å². The lowest BCUT2D eigenvalue weighted by atomic mass is 9.89. The van der Waals surface area contributed by atoms with Crippen molar-refractivity contribution < 1.29 is 19.1 Å². The van der Waals surface area contributed by atoms with E-state index in [1.807, 2.05) is 24.3 Å². The van der Waals surface area contributed by atoms with Crippen LogP contribution in [0.5, 0.6) is 5.75 Å². The molecule has 0 aliphatic carbocycles. The predicted octanol–water partition coefficient (Wildman–Crippen LogP) is 5.34. The highest BCUT2D eigenvalue weighted by Crippen LogP contribution is 2.34. The number of amides is 3. The van der Waals surface area contributed by atoms with Crippen LogP contribution in [-0.2, 0) is 16.1 Å². The third-order valence-electron chi connectivity index (χ3n) is 10.7. The van der Waals surface area contributed by atoms with E-state index in [0.717, 1.165) is 94.2 Å². The molecule has 260 valence electrons. The van der Waals surface area contributed by atoms with E-state index in [2.05, 4.69) is 56.4 Å². The molecule has 0 aromatic heterocycles. The summed E-state index contributed by atoms with van der Waals surface area (Å²) in [5.74, 6) is 0.661. The summed E-state index contributed by atoms with van der Waals surface area (Å²) in [4.78, 5) is 45.8. The summed E-state index contributed by atoms with van der Waals surface area (Å²) in [6.07, 6.45) is 4.87. The number of carbonyl (C=O) groups excluding carboxylic acids is 3. The van der Waals surface area contributed by atoms with Crippen LogP contribution in [0.1, 0.15) is 71.5 Å². The summed E-state index contributed by atoms with van der Waals surface area (Å²) >= 11 is 6.26. The van der Waals surface area contributed by atoms with Crippen LogP contribution in [-0.4, -0.2) is 86.0 Å². The maximum absolute atomic E-state index is 13.0. The number of rotatable bonds is 10. The van der Waals surface area contributed by atoms with Gasteiger partial charge in [0.25, 0.3) is 5.91 Å². The number of piperazine rings is 1. The largest absolute Gasteiger partial charge is 0.494 e. The topological polar surface area (TPSA) is 109 Å². The minimum absolute atomic E-state index is 0.132. The number of nitrogens with zero attached hydrogens (tertiary/aromatic N) is 5. The average molecular weight is 695 g/mol. The van der Waals surface area contributed by atoms with Crippen molar-refractivity contribution in [1.82, 2.24) is 15.1 Å². The second kappa shape index (κ2) is 15.1. The minimum atomic E-state index is -0.589. The Kier molecular flexibility index (Phi) is 10.2. The highest BCUT2D eigenvalue weighted by molar-refractivity contribution is 6.32. The first-order chi connectivity index (χ1) is 24.4. The van der Waals surface area contributed by atoms with E-state index < -0.39 is 6.04 Å². The smallest absolute Gasteiger partial charge is 0.255 e. The Morgan fingerprint density at radius 2 is 1.56 bits per heavy atom. The number of benzene rings is 3. The van der Waals surface area contributed by atoms with E-state index in [-0.39, 0.29) is 24.1 Å². The number of hydrogen-bond acceptors (Lipinski definition) is 8. The molecular formula is C39H43ClN6O4. The first-order valence-corrected chi connectivity index (χ1v) is 18.2. The lowest BCUT2D eigenvalue weighted by Crippen LogP contribution is -2.52. The van der Waals surface area contributed by atoms with Crippen molar-refractivity contribution in [3.05, 3.63) is 87.9 Å². The second-order valence-corrected chi connectivity index (χ2v) is 14.1. The number of piperidine rings is 2. The van der Waals surface area contributed by atoms with Gasteiger partial charge in [-0.2, -0.15) is 5.26 Å². The Hall–Kier alpha value is -4.59. The molecule has 3 aromatic rings. The fraction of sp³-hybridized carbons (Fsp3) is 0.436. The number of ether oxygens (including phenoxy) is 1. The van der Waals surface area contributed by atoms with Crippen LogP contribution in [0.15, 0.2) is 60.7 Å². The van der Waals surface area contributed by atoms with E-state index in [9.17, 15) is 14.4 Å². The summed E-state index contributed by atoms with van der Waals surface area (Å²) in [6.45, 7) is 7.90. The van der Waals surface area contributed by atoms with E-state index in [4.69, 9.17) is 21.6 Å². The van der Waals surface area contributed by atoms with Gasteiger partial charge in [0.05, 0.1) is 17.2 Å². The van der Waals surface area contributed by atoms with Crippen LogP contribution in [0.2, 0.25) is 5.02 Å². The van der Waals surface area contributed by atoms with Crippen molar-refractivity contribution in [3.63, 3.8) is 0 Å². The monoisotopic (exact) mass is 694 g/mol. The third-order valence-corrected chi connectivity index (χ3v) is 11.0. The van der Waals surface area contributed by atoms with Crippen molar-refractivity contribution in [2.45, 2.75) is 57.0 Å². The van der Waals surface area contributed by atoms with Crippen LogP contribution in [0, 0.1) is 11.3 Å². The van der Waals surface area contributed by atoms with Gasteiger partial charge in [-0.1, -0.05) is 23.7 Å². The first kappa shape index (κ1) is 33.9. The predicted molar refractivity (Wildman–Crippen MR) is 193 cm³/mol. The van der Waals surface area contributed by atoms with Gasteiger partial charge in [0.2, 0.25) is 11.8 Å². The van der Waals surface area contributed by atoms with Crippen molar-refractivity contribution in [2.24, 2.45) is 0 Å². The lowest BCUT2D eigenvalue weighted by Gasteiger charge is -2.36. The highest BCUT2D eigenvalue weighted by Gasteiger charge is 2.39. The van der Waals surface area contributed by atoms with Gasteiger partial charge in [0, 0.05) is 69.2 Å². The van der Waals surface area contributed by atoms with E-state index in [0.29, 0.717) is 41.6 Å². The van der Waals surface area contributed by atoms with E-state index in [1.165, 1.54) is 5.56 Å². The van der Waals surface area contributed by atoms with Crippen LogP contribution in [0.3, 0.4) is 0 Å². The van der Waals surface area contributed by atoms with Crippen LogP contribution in [0.4, 0.5) is 11.4 Å². The van der Waals surface area contributed by atoms with Crippen molar-refractivity contribution in [1.29, 1.82) is 5.26 Å². The Bertz CT molecular complexity index is 1780. The number of halogens is 1. The number of fused-ring (bicyclic) bond motifs is 1. The molecule has 0 bridgehead atoms. The lowest BCUT2D eigenvalue weighted by molar-refractivity contribution is -0.136. The van der Waals surface area contributed by atoms with Crippen molar-refractivity contribution >= 4 is 40.7 Å². The molecule has 0 radical (unpaired) electrons. The fourth-order valence-electron chi connectivity index (χ4n) is 7.71. The maximum Gasteiger partial charge on any atom is 0.255 e. The summed E-state index contributed by atoms with van der Waals surface area (Å²) in [5, 5.41) is 12.0. The Morgan fingerprint density at radius 1 is 0.840 bits per heavy atom. The summed E-state index contributed by atoms with van der Waals surface area (Å²) < 4.78 is 6.08. The van der Waals surface area contributed by atoms with Crippen molar-refractivity contribution in [3.8, 4) is 11.8 Å². The molecule has 3 fully saturated rings. The number of nitrogens with one attached hydrogen (secondary N) is 1. The molecule has 4 aliphatic heterocycles. The molecular weight excluding hydrogens is 652 g/mol. The quantitative estimate of drug-likeness (QED) is 0.224. The Balaban J connectivity index is 0.795. The Morgan fingerprint density at radius 3 is 2.28 bits per heavy atom. The average Bonchev–Trinajstić information content (AvgIpc) is 3.47. The van der Waals surface area contributed by atoms with Gasteiger partial charge in [0.1, 0.15) is 17.9 Å². The van der Waals surface area contributed by atoms with Gasteiger partial charge in [-0.15, -0.1) is 0 Å². The molecule has 1 atom stereocenters. The van der Waals surface area contributed by atoms with Gasteiger partial charge in [-0.05, 0) is 104 Å². The molecule has 4 aliphatic rings. The fourth-order valence-corrected chi connectivity index (χ4v) is 7.93. The number of hydrogen-bond donors (Lipinski definition) is 1. The standard InChI is InChI=1S/C39H43ClN6O4/c40-35-24-32(6-3-29(35)25-41)44-16-13-28(14-17-44)27-4-8-33(9-5-27)50-22-2-1-15-43-18-20-45(21-19-43)31-7-10-34-30(23-31)26-46(39(34)49)36-11-12-37(47)42-38(36)48/h3-10,23-24,28,36H,1-2,11-22,26H2,(H,42,47,48). The zero-order valence-corrected chi connectivity index (χ0v) is 29.0. The first-order valence-electron chi connectivity index (χ1n) is 17.8. The third kappa shape index (κ3) is 7.44. The molecule has 10 nitrogen and oxygen atoms in total. The number of carbonyl (C=O) groups is 3. The zero-order chi connectivity index (χ0) is 34.6. The van der Waals surface area contributed by atoms with Gasteiger partial charge in [-0.25, -0.2) is 0 Å². The minimum Gasteiger partial charge on any atom is -0.494 e. The number of unbranched alkanes of at least 4 members (excludes halogenated alkanes) is 1. The molecule has 3 aromatic carbocycles. The summed E-state index contributed by atoms with van der Waals surface area (Å²) in [7, 11) is 0. The number of imide groups is 1. The molecule has 3 amide bonds. The van der Waals surface area contributed by atoms with Crippen molar-refractivity contribution in [2.75, 3.05) is 62.2 Å². The molecule has 4 heterocycles. The molecule has 50 heavy (non-hydrogen) atoms. The van der Waals surface area contributed by atoms with Gasteiger partial charge in [0.15, 0.2) is 0 Å². The van der Waals surface area contributed by atoms with Crippen LogP contribution >= 0.6 is 11.6 Å². The number of nitriles is 1. The molecule has 11 heteroatoms. The molecule has 7 rings (SSSR count).